The Labute approximate surface area is 105 Å². The molecule has 0 aliphatic carbocycles. The standard InChI is InChI=1S/C10H8BrN3OS/c11-9-3-7(6-16-9)4-14-10(15)8-5-12-1-2-13-8/h1-3,5-6H,4H2,(H,14,15). The van der Waals surface area contributed by atoms with E-state index in [1.165, 1.54) is 18.6 Å². The van der Waals surface area contributed by atoms with Gasteiger partial charge in [-0.05, 0) is 32.9 Å². The quantitative estimate of drug-likeness (QED) is 0.945. The largest absolute Gasteiger partial charge is 0.347 e. The molecule has 0 unspecified atom stereocenters. The Morgan fingerprint density at radius 3 is 3.00 bits per heavy atom. The number of carbonyl (C=O) groups is 1. The van der Waals surface area contributed by atoms with Crippen molar-refractivity contribution in [3.05, 3.63) is 45.1 Å². The van der Waals surface area contributed by atoms with Gasteiger partial charge in [0, 0.05) is 18.9 Å². The maximum absolute atomic E-state index is 11.6. The topological polar surface area (TPSA) is 54.9 Å². The van der Waals surface area contributed by atoms with E-state index in [4.69, 9.17) is 0 Å². The lowest BCUT2D eigenvalue weighted by molar-refractivity contribution is 0.0945. The van der Waals surface area contributed by atoms with Crippen molar-refractivity contribution in [2.45, 2.75) is 6.54 Å². The van der Waals surface area contributed by atoms with Gasteiger partial charge in [-0.3, -0.25) is 9.78 Å². The fourth-order valence-corrected chi connectivity index (χ4v) is 2.34. The van der Waals surface area contributed by atoms with E-state index in [0.29, 0.717) is 12.2 Å². The van der Waals surface area contributed by atoms with Gasteiger partial charge in [-0.15, -0.1) is 11.3 Å². The summed E-state index contributed by atoms with van der Waals surface area (Å²) in [6.07, 6.45) is 4.47. The van der Waals surface area contributed by atoms with E-state index in [-0.39, 0.29) is 5.91 Å². The van der Waals surface area contributed by atoms with Crippen LogP contribution in [0.1, 0.15) is 16.1 Å². The average molecular weight is 298 g/mol. The van der Waals surface area contributed by atoms with Crippen LogP contribution < -0.4 is 5.32 Å². The van der Waals surface area contributed by atoms with Crippen molar-refractivity contribution in [2.75, 3.05) is 0 Å². The van der Waals surface area contributed by atoms with Crippen LogP contribution in [-0.4, -0.2) is 15.9 Å². The number of carbonyl (C=O) groups excluding carboxylic acids is 1. The number of thiophene rings is 1. The zero-order valence-electron chi connectivity index (χ0n) is 8.18. The highest BCUT2D eigenvalue weighted by Crippen LogP contribution is 2.20. The Morgan fingerprint density at radius 1 is 1.50 bits per heavy atom. The first-order chi connectivity index (χ1) is 7.75. The van der Waals surface area contributed by atoms with Gasteiger partial charge in [0.1, 0.15) is 5.69 Å². The maximum atomic E-state index is 11.6. The summed E-state index contributed by atoms with van der Waals surface area (Å²) in [5.74, 6) is -0.213. The lowest BCUT2D eigenvalue weighted by Gasteiger charge is -2.01. The van der Waals surface area contributed by atoms with E-state index in [1.807, 2.05) is 11.4 Å². The molecule has 0 aliphatic heterocycles. The summed E-state index contributed by atoms with van der Waals surface area (Å²) in [5.41, 5.74) is 1.39. The lowest BCUT2D eigenvalue weighted by Crippen LogP contribution is -2.23. The summed E-state index contributed by atoms with van der Waals surface area (Å²) in [7, 11) is 0. The minimum atomic E-state index is -0.213. The third-order valence-electron chi connectivity index (χ3n) is 1.87. The molecular weight excluding hydrogens is 290 g/mol. The predicted octanol–water partition coefficient (Wildman–Crippen LogP) is 2.23. The fourth-order valence-electron chi connectivity index (χ4n) is 1.13. The molecule has 2 aromatic rings. The van der Waals surface area contributed by atoms with Gasteiger partial charge in [-0.2, -0.15) is 0 Å². The zero-order valence-corrected chi connectivity index (χ0v) is 10.6. The summed E-state index contributed by atoms with van der Waals surface area (Å²) < 4.78 is 1.05. The van der Waals surface area contributed by atoms with Crippen LogP contribution in [0.25, 0.3) is 0 Å². The maximum Gasteiger partial charge on any atom is 0.271 e. The van der Waals surface area contributed by atoms with Crippen molar-refractivity contribution in [1.29, 1.82) is 0 Å². The summed E-state index contributed by atoms with van der Waals surface area (Å²) in [6, 6.07) is 1.97. The number of hydrogen-bond acceptors (Lipinski definition) is 4. The number of nitrogens with one attached hydrogen (secondary N) is 1. The Balaban J connectivity index is 1.94. The molecule has 2 aromatic heterocycles. The first kappa shape index (κ1) is 11.2. The fraction of sp³-hybridized carbons (Fsp3) is 0.100. The van der Waals surface area contributed by atoms with Crippen LogP contribution in [0.5, 0.6) is 0 Å². The number of hydrogen-bond donors (Lipinski definition) is 1. The minimum absolute atomic E-state index is 0.213. The molecule has 2 heterocycles. The number of nitrogens with zero attached hydrogens (tertiary/aromatic N) is 2. The van der Waals surface area contributed by atoms with E-state index in [9.17, 15) is 4.79 Å². The summed E-state index contributed by atoms with van der Waals surface area (Å²) in [5, 5.41) is 4.76. The molecule has 0 bridgehead atoms. The molecule has 0 saturated heterocycles. The molecule has 1 N–H and O–H groups in total. The van der Waals surface area contributed by atoms with Crippen LogP contribution in [0.15, 0.2) is 33.8 Å². The van der Waals surface area contributed by atoms with Crippen molar-refractivity contribution in [3.63, 3.8) is 0 Å². The molecule has 6 heteroatoms. The van der Waals surface area contributed by atoms with Crippen molar-refractivity contribution in [2.24, 2.45) is 0 Å². The predicted molar refractivity (Wildman–Crippen MR) is 65.2 cm³/mol. The third-order valence-corrected chi connectivity index (χ3v) is 3.42. The Kier molecular flexibility index (Phi) is 3.63. The summed E-state index contributed by atoms with van der Waals surface area (Å²) >= 11 is 4.96. The Hall–Kier alpha value is -1.27. The van der Waals surface area contributed by atoms with Crippen molar-refractivity contribution in [3.8, 4) is 0 Å². The Bertz CT molecular complexity index is 486. The van der Waals surface area contributed by atoms with E-state index in [0.717, 1.165) is 9.35 Å². The highest BCUT2D eigenvalue weighted by atomic mass is 79.9. The second-order valence-electron chi connectivity index (χ2n) is 3.03. The van der Waals surface area contributed by atoms with E-state index >= 15 is 0 Å². The SMILES string of the molecule is O=C(NCc1csc(Br)c1)c1cnccn1. The molecule has 16 heavy (non-hydrogen) atoms. The van der Waals surface area contributed by atoms with Crippen LogP contribution >= 0.6 is 27.3 Å². The van der Waals surface area contributed by atoms with Crippen molar-refractivity contribution < 1.29 is 4.79 Å². The van der Waals surface area contributed by atoms with Crippen LogP contribution in [0.3, 0.4) is 0 Å². The van der Waals surface area contributed by atoms with Crippen LogP contribution in [0.4, 0.5) is 0 Å². The van der Waals surface area contributed by atoms with Crippen LogP contribution in [0, 0.1) is 0 Å². The average Bonchev–Trinajstić information content (AvgIpc) is 2.73. The number of amides is 1. The zero-order chi connectivity index (χ0) is 11.4. The monoisotopic (exact) mass is 297 g/mol. The molecular formula is C10H8BrN3OS. The van der Waals surface area contributed by atoms with E-state index in [1.54, 1.807) is 11.3 Å². The molecule has 82 valence electrons. The number of rotatable bonds is 3. The first-order valence-electron chi connectivity index (χ1n) is 4.53. The molecule has 0 fully saturated rings. The Morgan fingerprint density at radius 2 is 2.38 bits per heavy atom. The van der Waals surface area contributed by atoms with Gasteiger partial charge in [-0.25, -0.2) is 4.98 Å². The molecule has 2 rings (SSSR count). The van der Waals surface area contributed by atoms with Gasteiger partial charge in [0.05, 0.1) is 9.98 Å². The second-order valence-corrected chi connectivity index (χ2v) is 5.32. The smallest absolute Gasteiger partial charge is 0.271 e. The lowest BCUT2D eigenvalue weighted by atomic mass is 10.3. The molecule has 1 amide bonds. The molecule has 4 nitrogen and oxygen atoms in total. The molecule has 0 aliphatic rings. The number of halogens is 1. The van der Waals surface area contributed by atoms with Gasteiger partial charge in [0.25, 0.3) is 5.91 Å². The second kappa shape index (κ2) is 5.18. The molecule has 0 aromatic carbocycles. The highest BCUT2D eigenvalue weighted by molar-refractivity contribution is 9.11. The molecule has 0 spiro atoms. The van der Waals surface area contributed by atoms with Gasteiger partial charge in [0.15, 0.2) is 0 Å². The molecule has 0 atom stereocenters. The third kappa shape index (κ3) is 2.86. The van der Waals surface area contributed by atoms with Gasteiger partial charge in [0.2, 0.25) is 0 Å². The summed E-state index contributed by atoms with van der Waals surface area (Å²) in [6.45, 7) is 0.498. The highest BCUT2D eigenvalue weighted by Gasteiger charge is 2.06. The molecule has 0 radical (unpaired) electrons. The normalized spacial score (nSPS) is 10.1. The van der Waals surface area contributed by atoms with Crippen molar-refractivity contribution in [1.82, 2.24) is 15.3 Å². The summed E-state index contributed by atoms with van der Waals surface area (Å²) in [4.78, 5) is 19.4. The van der Waals surface area contributed by atoms with E-state index in [2.05, 4.69) is 31.2 Å². The van der Waals surface area contributed by atoms with Gasteiger partial charge in [-0.1, -0.05) is 0 Å². The number of aromatic nitrogens is 2. The van der Waals surface area contributed by atoms with Gasteiger partial charge >= 0.3 is 0 Å². The van der Waals surface area contributed by atoms with E-state index < -0.39 is 0 Å². The van der Waals surface area contributed by atoms with Crippen LogP contribution in [0.2, 0.25) is 0 Å². The molecule has 0 saturated carbocycles. The minimum Gasteiger partial charge on any atom is -0.347 e. The van der Waals surface area contributed by atoms with Gasteiger partial charge < -0.3 is 5.32 Å². The first-order valence-corrected chi connectivity index (χ1v) is 6.20. The van der Waals surface area contributed by atoms with Crippen molar-refractivity contribution >= 4 is 33.2 Å². The van der Waals surface area contributed by atoms with Crippen LogP contribution in [-0.2, 0) is 6.54 Å².